The van der Waals surface area contributed by atoms with E-state index in [0.29, 0.717) is 11.9 Å². The number of nitrogens with one attached hydrogen (secondary N) is 1. The molecule has 1 amide bonds. The van der Waals surface area contributed by atoms with E-state index in [1.807, 2.05) is 0 Å². The summed E-state index contributed by atoms with van der Waals surface area (Å²) in [6.07, 6.45) is 6.16. The fraction of sp³-hybridized carbons (Fsp3) is 0.938. The number of ether oxygens (including phenoxy) is 1. The quantitative estimate of drug-likeness (QED) is 0.843. The number of hydrogen-bond acceptors (Lipinski definition) is 3. The second-order valence-corrected chi connectivity index (χ2v) is 6.31. The van der Waals surface area contributed by atoms with Crippen LogP contribution < -0.4 is 5.32 Å². The van der Waals surface area contributed by atoms with E-state index in [2.05, 4.69) is 37.9 Å². The van der Waals surface area contributed by atoms with Crippen molar-refractivity contribution >= 4 is 5.91 Å². The third kappa shape index (κ3) is 2.86. The molecular formula is C16H30N2O2. The van der Waals surface area contributed by atoms with Crippen LogP contribution in [-0.4, -0.2) is 41.3 Å². The molecule has 20 heavy (non-hydrogen) atoms. The minimum Gasteiger partial charge on any atom is -0.375 e. The standard InChI is InChI=1S/C16H30N2O2/c1-5-8-14-15(19)18(12(4)17-14)13-9-10-20-16(6-2,7-3)11-13/h12-14,17H,5-11H2,1-4H3. The second-order valence-electron chi connectivity index (χ2n) is 6.31. The van der Waals surface area contributed by atoms with Crippen LogP contribution in [0.3, 0.4) is 0 Å². The zero-order chi connectivity index (χ0) is 14.8. The van der Waals surface area contributed by atoms with Crippen LogP contribution in [0.25, 0.3) is 0 Å². The summed E-state index contributed by atoms with van der Waals surface area (Å²) < 4.78 is 6.04. The van der Waals surface area contributed by atoms with Gasteiger partial charge in [-0.1, -0.05) is 27.2 Å². The lowest BCUT2D eigenvalue weighted by molar-refractivity contribution is -0.143. The first-order chi connectivity index (χ1) is 9.56. The molecule has 0 saturated carbocycles. The van der Waals surface area contributed by atoms with Crippen molar-refractivity contribution in [3.05, 3.63) is 0 Å². The Kier molecular flexibility index (Phi) is 5.08. The summed E-state index contributed by atoms with van der Waals surface area (Å²) >= 11 is 0. The highest BCUT2D eigenvalue weighted by atomic mass is 16.5. The number of carbonyl (C=O) groups excluding carboxylic acids is 1. The van der Waals surface area contributed by atoms with E-state index >= 15 is 0 Å². The SMILES string of the molecule is CCCC1NC(C)N(C2CCOC(CC)(CC)C2)C1=O. The molecule has 2 heterocycles. The summed E-state index contributed by atoms with van der Waals surface area (Å²) in [4.78, 5) is 14.7. The Morgan fingerprint density at radius 2 is 2.05 bits per heavy atom. The van der Waals surface area contributed by atoms with Crippen molar-refractivity contribution in [3.8, 4) is 0 Å². The maximum absolute atomic E-state index is 12.6. The lowest BCUT2D eigenvalue weighted by Crippen LogP contribution is -2.51. The van der Waals surface area contributed by atoms with Crippen molar-refractivity contribution in [1.82, 2.24) is 10.2 Å². The Morgan fingerprint density at radius 1 is 1.35 bits per heavy atom. The number of nitrogens with zero attached hydrogens (tertiary/aromatic N) is 1. The van der Waals surface area contributed by atoms with Crippen LogP contribution in [-0.2, 0) is 9.53 Å². The normalized spacial score (nSPS) is 33.7. The third-order valence-electron chi connectivity index (χ3n) is 5.14. The van der Waals surface area contributed by atoms with E-state index in [4.69, 9.17) is 4.74 Å². The Morgan fingerprint density at radius 3 is 2.65 bits per heavy atom. The first-order valence-electron chi connectivity index (χ1n) is 8.29. The van der Waals surface area contributed by atoms with Crippen LogP contribution in [0.15, 0.2) is 0 Å². The van der Waals surface area contributed by atoms with Crippen LogP contribution in [0.1, 0.15) is 66.2 Å². The molecule has 2 aliphatic heterocycles. The molecule has 1 N–H and O–H groups in total. The highest BCUT2D eigenvalue weighted by Crippen LogP contribution is 2.35. The van der Waals surface area contributed by atoms with Gasteiger partial charge in [-0.2, -0.15) is 0 Å². The summed E-state index contributed by atoms with van der Waals surface area (Å²) in [5.41, 5.74) is -0.0221. The van der Waals surface area contributed by atoms with Gasteiger partial charge in [-0.25, -0.2) is 0 Å². The Labute approximate surface area is 123 Å². The van der Waals surface area contributed by atoms with Gasteiger partial charge in [-0.05, 0) is 39.0 Å². The van der Waals surface area contributed by atoms with Crippen molar-refractivity contribution in [2.24, 2.45) is 0 Å². The third-order valence-corrected chi connectivity index (χ3v) is 5.14. The van der Waals surface area contributed by atoms with E-state index < -0.39 is 0 Å². The van der Waals surface area contributed by atoms with Crippen molar-refractivity contribution < 1.29 is 9.53 Å². The van der Waals surface area contributed by atoms with Gasteiger partial charge in [0, 0.05) is 12.6 Å². The van der Waals surface area contributed by atoms with Crippen LogP contribution in [0, 0.1) is 0 Å². The molecule has 2 saturated heterocycles. The highest BCUT2D eigenvalue weighted by Gasteiger charge is 2.44. The molecule has 116 valence electrons. The number of hydrogen-bond donors (Lipinski definition) is 1. The van der Waals surface area contributed by atoms with E-state index in [0.717, 1.165) is 45.1 Å². The molecule has 4 heteroatoms. The first-order valence-corrected chi connectivity index (χ1v) is 8.29. The van der Waals surface area contributed by atoms with Crippen LogP contribution in [0.5, 0.6) is 0 Å². The molecule has 2 rings (SSSR count). The summed E-state index contributed by atoms with van der Waals surface area (Å²) in [5, 5.41) is 3.45. The topological polar surface area (TPSA) is 41.6 Å². The van der Waals surface area contributed by atoms with Crippen LogP contribution >= 0.6 is 0 Å². The molecule has 3 unspecified atom stereocenters. The fourth-order valence-corrected chi connectivity index (χ4v) is 3.79. The molecule has 4 nitrogen and oxygen atoms in total. The summed E-state index contributed by atoms with van der Waals surface area (Å²) in [7, 11) is 0. The molecule has 0 bridgehead atoms. The molecular weight excluding hydrogens is 252 g/mol. The summed E-state index contributed by atoms with van der Waals surface area (Å²) in [6, 6.07) is 0.357. The van der Waals surface area contributed by atoms with Gasteiger partial charge in [0.25, 0.3) is 0 Å². The van der Waals surface area contributed by atoms with E-state index in [1.54, 1.807) is 0 Å². The summed E-state index contributed by atoms with van der Waals surface area (Å²) in [5.74, 6) is 0.298. The predicted octanol–water partition coefficient (Wildman–Crippen LogP) is 2.67. The van der Waals surface area contributed by atoms with Crippen LogP contribution in [0.2, 0.25) is 0 Å². The highest BCUT2D eigenvalue weighted by molar-refractivity contribution is 5.84. The molecule has 2 aliphatic rings. The van der Waals surface area contributed by atoms with E-state index in [1.165, 1.54) is 0 Å². The lowest BCUT2D eigenvalue weighted by atomic mass is 9.85. The van der Waals surface area contributed by atoms with E-state index in [-0.39, 0.29) is 17.8 Å². The molecule has 3 atom stereocenters. The van der Waals surface area contributed by atoms with Gasteiger partial charge in [0.15, 0.2) is 0 Å². The maximum Gasteiger partial charge on any atom is 0.241 e. The van der Waals surface area contributed by atoms with Gasteiger partial charge in [0.05, 0.1) is 17.8 Å². The molecule has 0 aromatic heterocycles. The number of rotatable bonds is 5. The van der Waals surface area contributed by atoms with Crippen molar-refractivity contribution in [2.45, 2.75) is 90.1 Å². The number of carbonyl (C=O) groups is 1. The molecule has 0 aromatic carbocycles. The van der Waals surface area contributed by atoms with Gasteiger partial charge >= 0.3 is 0 Å². The van der Waals surface area contributed by atoms with Crippen molar-refractivity contribution in [1.29, 1.82) is 0 Å². The smallest absolute Gasteiger partial charge is 0.241 e. The monoisotopic (exact) mass is 282 g/mol. The minimum atomic E-state index is -0.0221. The Bertz CT molecular complexity index is 341. The Hall–Kier alpha value is -0.610. The van der Waals surface area contributed by atoms with Gasteiger partial charge in [-0.3, -0.25) is 10.1 Å². The zero-order valence-corrected chi connectivity index (χ0v) is 13.4. The maximum atomic E-state index is 12.6. The molecule has 0 radical (unpaired) electrons. The average molecular weight is 282 g/mol. The van der Waals surface area contributed by atoms with Gasteiger partial charge in [0.2, 0.25) is 5.91 Å². The largest absolute Gasteiger partial charge is 0.375 e. The lowest BCUT2D eigenvalue weighted by Gasteiger charge is -2.44. The molecule has 2 fully saturated rings. The second kappa shape index (κ2) is 6.44. The van der Waals surface area contributed by atoms with Crippen LogP contribution in [0.4, 0.5) is 0 Å². The number of amides is 1. The predicted molar refractivity (Wildman–Crippen MR) is 80.4 cm³/mol. The van der Waals surface area contributed by atoms with Gasteiger partial charge in [0.1, 0.15) is 0 Å². The molecule has 0 spiro atoms. The fourth-order valence-electron chi connectivity index (χ4n) is 3.79. The van der Waals surface area contributed by atoms with Crippen molar-refractivity contribution in [3.63, 3.8) is 0 Å². The zero-order valence-electron chi connectivity index (χ0n) is 13.4. The average Bonchev–Trinajstić information content (AvgIpc) is 2.74. The van der Waals surface area contributed by atoms with E-state index in [9.17, 15) is 4.79 Å². The Balaban J connectivity index is 2.08. The first kappa shape index (κ1) is 15.8. The van der Waals surface area contributed by atoms with Gasteiger partial charge < -0.3 is 9.64 Å². The molecule has 0 aliphatic carbocycles. The van der Waals surface area contributed by atoms with Gasteiger partial charge in [-0.15, -0.1) is 0 Å². The summed E-state index contributed by atoms with van der Waals surface area (Å²) in [6.45, 7) is 9.41. The molecule has 0 aromatic rings. The van der Waals surface area contributed by atoms with Crippen molar-refractivity contribution in [2.75, 3.05) is 6.61 Å². The minimum absolute atomic E-state index is 0.0221.